The largest absolute Gasteiger partial charge is 1.00 e. The summed E-state index contributed by atoms with van der Waals surface area (Å²) in [6.07, 6.45) is 0. The first kappa shape index (κ1) is 8.98. The number of hydrogen-bond acceptors (Lipinski definition) is 1. The van der Waals surface area contributed by atoms with E-state index in [0.29, 0.717) is 0 Å². The van der Waals surface area contributed by atoms with E-state index in [1.54, 1.807) is 0 Å². The van der Waals surface area contributed by atoms with Crippen molar-refractivity contribution < 1.29 is 17.4 Å². The van der Waals surface area contributed by atoms with Crippen molar-refractivity contribution in [2.24, 2.45) is 0 Å². The summed E-state index contributed by atoms with van der Waals surface area (Å²) in [6.45, 7) is 3.49. The maximum Gasteiger partial charge on any atom is 0.203 e. The topological polar surface area (TPSA) is 40.0 Å². The lowest BCUT2D eigenvalue weighted by atomic mass is 10.3. The number of nitrogens with one attached hydrogen (secondary N) is 1. The summed E-state index contributed by atoms with van der Waals surface area (Å²) in [6, 6.07) is 7.41. The van der Waals surface area contributed by atoms with Crippen molar-refractivity contribution in [2.45, 2.75) is 0 Å². The van der Waals surface area contributed by atoms with E-state index in [1.165, 1.54) is 0 Å². The zero-order chi connectivity index (χ0) is 6.69. The van der Waals surface area contributed by atoms with Crippen molar-refractivity contribution >= 4 is 18.1 Å². The fourth-order valence-electron chi connectivity index (χ4n) is 0.601. The van der Waals surface area contributed by atoms with Gasteiger partial charge >= 0.3 is 0 Å². The third kappa shape index (κ3) is 2.07. The molecule has 1 aromatic carbocycles. The van der Waals surface area contributed by atoms with Crippen molar-refractivity contribution in [3.8, 4) is 0 Å². The molecular weight excluding hydrogens is 148 g/mol. The molecule has 1 aromatic rings. The highest BCUT2D eigenvalue weighted by molar-refractivity contribution is 5.44. The van der Waals surface area contributed by atoms with Gasteiger partial charge in [0.05, 0.1) is 0 Å². The summed E-state index contributed by atoms with van der Waals surface area (Å²) in [4.78, 5) is 2.75. The number of hydrogen-bond donors (Lipinski definition) is 2. The number of nitrogens with two attached hydrogens (primary N) is 1. The van der Waals surface area contributed by atoms with E-state index in [0.717, 1.165) is 11.4 Å². The summed E-state index contributed by atoms with van der Waals surface area (Å²) in [5, 5.41) is 0. The number of nitrogen functional groups attached to an aromatic ring is 1. The lowest BCUT2D eigenvalue weighted by Gasteiger charge is -1.87. The van der Waals surface area contributed by atoms with E-state index in [1.807, 2.05) is 24.3 Å². The van der Waals surface area contributed by atoms with Gasteiger partial charge in [0, 0.05) is 17.8 Å². The number of halogens is 1. The first-order valence-corrected chi connectivity index (χ1v) is 2.71. The van der Waals surface area contributed by atoms with Crippen molar-refractivity contribution in [1.82, 2.24) is 0 Å². The predicted molar refractivity (Wildman–Crippen MR) is 38.6 cm³/mol. The molecule has 0 unspecified atom stereocenters. The molecule has 10 heavy (non-hydrogen) atoms. The molecule has 0 atom stereocenters. The molecule has 0 fully saturated rings. The van der Waals surface area contributed by atoms with Crippen LogP contribution in [0.3, 0.4) is 0 Å². The molecule has 0 aliphatic heterocycles. The molecule has 2 nitrogen and oxygen atoms in total. The molecule has 0 saturated carbocycles. The van der Waals surface area contributed by atoms with E-state index in [4.69, 9.17) is 5.73 Å². The van der Waals surface area contributed by atoms with Crippen molar-refractivity contribution in [3.05, 3.63) is 24.3 Å². The first-order valence-electron chi connectivity index (χ1n) is 2.71. The van der Waals surface area contributed by atoms with E-state index in [9.17, 15) is 0 Å². The Bertz CT molecular complexity index is 205. The van der Waals surface area contributed by atoms with Gasteiger partial charge in [-0.25, -0.2) is 4.99 Å². The number of benzene rings is 1. The van der Waals surface area contributed by atoms with Gasteiger partial charge in [0.1, 0.15) is 6.72 Å². The summed E-state index contributed by atoms with van der Waals surface area (Å²) in [5.74, 6) is 0. The van der Waals surface area contributed by atoms with Gasteiger partial charge in [0.15, 0.2) is 0 Å². The third-order valence-electron chi connectivity index (χ3n) is 1.11. The average Bonchev–Trinajstić information content (AvgIpc) is 1.90. The highest BCUT2D eigenvalue weighted by atomic mass is 35.5. The quantitative estimate of drug-likeness (QED) is 0.325. The van der Waals surface area contributed by atoms with Crippen LogP contribution in [0.15, 0.2) is 24.3 Å². The van der Waals surface area contributed by atoms with Crippen LogP contribution in [0.2, 0.25) is 0 Å². The minimum atomic E-state index is 0. The minimum absolute atomic E-state index is 0. The highest BCUT2D eigenvalue weighted by Gasteiger charge is 1.89. The Morgan fingerprint density at radius 3 is 2.10 bits per heavy atom. The predicted octanol–water partition coefficient (Wildman–Crippen LogP) is -3.31. The van der Waals surface area contributed by atoms with Crippen molar-refractivity contribution in [1.29, 1.82) is 0 Å². The van der Waals surface area contributed by atoms with Crippen LogP contribution in [-0.4, -0.2) is 6.72 Å². The molecule has 0 bridgehead atoms. The molecule has 0 radical (unpaired) electrons. The van der Waals surface area contributed by atoms with Crippen LogP contribution >= 0.6 is 0 Å². The molecule has 54 valence electrons. The molecule has 1 rings (SSSR count). The average molecular weight is 157 g/mol. The van der Waals surface area contributed by atoms with Crippen LogP contribution in [0, 0.1) is 0 Å². The molecule has 3 N–H and O–H groups in total. The van der Waals surface area contributed by atoms with E-state index in [2.05, 4.69) is 11.7 Å². The zero-order valence-electron chi connectivity index (χ0n) is 5.47. The standard InChI is InChI=1S/C7H8N2.ClH/c1-9-7-4-2-6(8)3-5-7;/h2-5H,1,8H2;1H. The van der Waals surface area contributed by atoms with Crippen LogP contribution in [0.25, 0.3) is 0 Å². The van der Waals surface area contributed by atoms with Crippen LogP contribution in [0.4, 0.5) is 11.4 Å². The Morgan fingerprint density at radius 1 is 1.20 bits per heavy atom. The Labute approximate surface area is 66.2 Å². The Kier molecular flexibility index (Phi) is 3.51. The SMILES string of the molecule is C=[NH+]c1ccc(N)cc1.[Cl-]. The summed E-state index contributed by atoms with van der Waals surface area (Å²) in [7, 11) is 0. The number of anilines is 1. The maximum absolute atomic E-state index is 5.43. The second-order valence-corrected chi connectivity index (χ2v) is 1.80. The van der Waals surface area contributed by atoms with Gasteiger partial charge in [-0.15, -0.1) is 0 Å². The lowest BCUT2D eigenvalue weighted by Crippen LogP contribution is -3.00. The van der Waals surface area contributed by atoms with Crippen molar-refractivity contribution in [2.75, 3.05) is 5.73 Å². The van der Waals surface area contributed by atoms with Gasteiger partial charge in [0.25, 0.3) is 0 Å². The van der Waals surface area contributed by atoms with Gasteiger partial charge in [-0.3, -0.25) is 0 Å². The van der Waals surface area contributed by atoms with Crippen LogP contribution < -0.4 is 23.1 Å². The Balaban J connectivity index is 0.000000810. The molecule has 0 aliphatic carbocycles. The minimum Gasteiger partial charge on any atom is -1.00 e. The van der Waals surface area contributed by atoms with Gasteiger partial charge < -0.3 is 18.1 Å². The summed E-state index contributed by atoms with van der Waals surface area (Å²) < 4.78 is 0. The summed E-state index contributed by atoms with van der Waals surface area (Å²) in [5.41, 5.74) is 7.18. The fourth-order valence-corrected chi connectivity index (χ4v) is 0.601. The molecule has 0 heterocycles. The van der Waals surface area contributed by atoms with Gasteiger partial charge in [-0.2, -0.15) is 0 Å². The van der Waals surface area contributed by atoms with Crippen LogP contribution in [0.1, 0.15) is 0 Å². The lowest BCUT2D eigenvalue weighted by molar-refractivity contribution is -0.342. The summed E-state index contributed by atoms with van der Waals surface area (Å²) >= 11 is 0. The monoisotopic (exact) mass is 156 g/mol. The van der Waals surface area contributed by atoms with Gasteiger partial charge in [-0.1, -0.05) is 0 Å². The molecule has 0 saturated heterocycles. The smallest absolute Gasteiger partial charge is 0.203 e. The Hall–Kier alpha value is -1.02. The van der Waals surface area contributed by atoms with Gasteiger partial charge in [-0.05, 0) is 12.1 Å². The molecule has 0 amide bonds. The molecule has 0 spiro atoms. The maximum atomic E-state index is 5.43. The molecular formula is C7H9ClN2. The first-order chi connectivity index (χ1) is 4.33. The van der Waals surface area contributed by atoms with Gasteiger partial charge in [0.2, 0.25) is 5.69 Å². The second kappa shape index (κ2) is 3.90. The molecule has 3 heteroatoms. The van der Waals surface area contributed by atoms with Crippen LogP contribution in [-0.2, 0) is 0 Å². The van der Waals surface area contributed by atoms with E-state index in [-0.39, 0.29) is 12.4 Å². The Morgan fingerprint density at radius 2 is 1.70 bits per heavy atom. The number of rotatable bonds is 1. The van der Waals surface area contributed by atoms with E-state index >= 15 is 0 Å². The van der Waals surface area contributed by atoms with Crippen LogP contribution in [0.5, 0.6) is 0 Å². The van der Waals surface area contributed by atoms with E-state index < -0.39 is 0 Å². The van der Waals surface area contributed by atoms with Crippen molar-refractivity contribution in [3.63, 3.8) is 0 Å². The molecule has 0 aliphatic rings. The highest BCUT2D eigenvalue weighted by Crippen LogP contribution is 2.03. The fraction of sp³-hybridized carbons (Fsp3) is 0. The zero-order valence-corrected chi connectivity index (χ0v) is 6.23. The second-order valence-electron chi connectivity index (χ2n) is 1.80. The normalized spacial score (nSPS) is 8.00. The molecule has 0 aromatic heterocycles. The third-order valence-corrected chi connectivity index (χ3v) is 1.11.